The maximum absolute atomic E-state index is 12.7. The topological polar surface area (TPSA) is 150 Å². The molecule has 10 nitrogen and oxygen atoms in total. The minimum Gasteiger partial charge on any atom is -0.480 e. The predicted octanol–water partition coefficient (Wildman–Crippen LogP) is 1.97. The molecule has 35 heavy (non-hydrogen) atoms. The number of carboxylic acids is 1. The predicted molar refractivity (Wildman–Crippen MR) is 129 cm³/mol. The Morgan fingerprint density at radius 3 is 2.54 bits per heavy atom. The summed E-state index contributed by atoms with van der Waals surface area (Å²) in [5.74, 6) is -2.32. The van der Waals surface area contributed by atoms with Crippen LogP contribution in [0.15, 0.2) is 41.0 Å². The molecule has 0 radical (unpaired) electrons. The van der Waals surface area contributed by atoms with E-state index in [4.69, 9.17) is 27.6 Å². The van der Waals surface area contributed by atoms with Gasteiger partial charge in [-0.15, -0.1) is 0 Å². The molecule has 2 heterocycles. The lowest BCUT2D eigenvalue weighted by Gasteiger charge is -2.18. The van der Waals surface area contributed by atoms with Gasteiger partial charge in [-0.1, -0.05) is 23.2 Å². The highest BCUT2D eigenvalue weighted by atomic mass is 35.5. The van der Waals surface area contributed by atoms with Crippen LogP contribution >= 0.6 is 23.2 Å². The van der Waals surface area contributed by atoms with Crippen molar-refractivity contribution in [1.82, 2.24) is 21.3 Å². The Labute approximate surface area is 211 Å². The molecule has 0 bridgehead atoms. The van der Waals surface area contributed by atoms with Crippen LogP contribution in [0, 0.1) is 0 Å². The second-order valence-electron chi connectivity index (χ2n) is 7.76. The number of amides is 3. The van der Waals surface area contributed by atoms with E-state index >= 15 is 0 Å². The van der Waals surface area contributed by atoms with Crippen molar-refractivity contribution in [2.75, 3.05) is 13.1 Å². The van der Waals surface area contributed by atoms with Crippen LogP contribution in [0.2, 0.25) is 10.0 Å². The number of furan rings is 1. The van der Waals surface area contributed by atoms with Gasteiger partial charge in [0, 0.05) is 19.2 Å². The van der Waals surface area contributed by atoms with Crippen molar-refractivity contribution in [2.45, 2.75) is 31.5 Å². The van der Waals surface area contributed by atoms with Crippen LogP contribution in [0.25, 0.3) is 6.08 Å². The minimum absolute atomic E-state index is 0.0197. The number of carbonyl (C=O) groups excluding carboxylic acids is 3. The smallest absolute Gasteiger partial charge is 0.328 e. The Morgan fingerprint density at radius 1 is 1.20 bits per heavy atom. The molecule has 0 saturated carbocycles. The zero-order valence-electron chi connectivity index (χ0n) is 18.5. The summed E-state index contributed by atoms with van der Waals surface area (Å²) in [4.78, 5) is 48.4. The third-order valence-corrected chi connectivity index (χ3v) is 5.79. The number of nitrogens with one attached hydrogen (secondary N) is 4. The van der Waals surface area contributed by atoms with Crippen molar-refractivity contribution in [3.8, 4) is 0 Å². The lowest BCUT2D eigenvalue weighted by atomic mass is 10.1. The first-order valence-corrected chi connectivity index (χ1v) is 11.5. The van der Waals surface area contributed by atoms with Crippen molar-refractivity contribution in [3.05, 3.63) is 63.5 Å². The number of hydrogen-bond acceptors (Lipinski definition) is 6. The van der Waals surface area contributed by atoms with Gasteiger partial charge in [-0.05, 0) is 55.3 Å². The molecule has 1 saturated heterocycles. The fourth-order valence-corrected chi connectivity index (χ4v) is 4.11. The molecule has 186 valence electrons. The van der Waals surface area contributed by atoms with E-state index in [1.54, 1.807) is 12.1 Å². The third kappa shape index (κ3) is 7.57. The number of aliphatic carboxylic acids is 1. The number of halogens is 2. The molecule has 1 fully saturated rings. The fourth-order valence-electron chi connectivity index (χ4n) is 3.40. The molecule has 5 N–H and O–H groups in total. The van der Waals surface area contributed by atoms with E-state index in [2.05, 4.69) is 21.3 Å². The molecule has 0 spiro atoms. The lowest BCUT2D eigenvalue weighted by Crippen LogP contribution is -2.51. The van der Waals surface area contributed by atoms with E-state index in [1.165, 1.54) is 30.5 Å². The van der Waals surface area contributed by atoms with Crippen LogP contribution in [0.3, 0.4) is 0 Å². The molecule has 3 amide bonds. The SMILES string of the molecule is O=C(C=Cc1ccco1)NCc1cc(Cl)c(C(=O)N[C@@H](CNC(=O)[C@H]2CCCN2)C(=O)O)c(Cl)c1. The number of hydrogen-bond donors (Lipinski definition) is 5. The van der Waals surface area contributed by atoms with Gasteiger partial charge in [0.2, 0.25) is 11.8 Å². The largest absolute Gasteiger partial charge is 0.480 e. The molecule has 3 rings (SSSR count). The third-order valence-electron chi connectivity index (χ3n) is 5.20. The van der Waals surface area contributed by atoms with E-state index in [0.29, 0.717) is 17.7 Å². The second kappa shape index (κ2) is 12.4. The summed E-state index contributed by atoms with van der Waals surface area (Å²) in [7, 11) is 0. The van der Waals surface area contributed by atoms with Gasteiger partial charge >= 0.3 is 5.97 Å². The van der Waals surface area contributed by atoms with Gasteiger partial charge in [-0.25, -0.2) is 4.79 Å². The van der Waals surface area contributed by atoms with Crippen molar-refractivity contribution in [2.24, 2.45) is 0 Å². The van der Waals surface area contributed by atoms with Crippen LogP contribution in [-0.2, 0) is 20.9 Å². The summed E-state index contributed by atoms with van der Waals surface area (Å²) >= 11 is 12.5. The van der Waals surface area contributed by atoms with E-state index in [1.807, 2.05) is 0 Å². The molecule has 2 atom stereocenters. The van der Waals surface area contributed by atoms with Gasteiger partial charge < -0.3 is 30.8 Å². The Hall–Kier alpha value is -3.34. The summed E-state index contributed by atoms with van der Waals surface area (Å²) in [6.45, 7) is 0.500. The van der Waals surface area contributed by atoms with Crippen LogP contribution < -0.4 is 21.3 Å². The molecular weight excluding hydrogens is 499 g/mol. The minimum atomic E-state index is -1.39. The molecule has 0 unspecified atom stereocenters. The molecule has 2 aromatic rings. The van der Waals surface area contributed by atoms with Crippen molar-refractivity contribution >= 4 is 53.0 Å². The van der Waals surface area contributed by atoms with Crippen molar-refractivity contribution < 1.29 is 28.7 Å². The molecule has 1 aliphatic rings. The van der Waals surface area contributed by atoms with Gasteiger partial charge in [-0.3, -0.25) is 14.4 Å². The molecule has 1 aromatic carbocycles. The maximum atomic E-state index is 12.7. The zero-order valence-corrected chi connectivity index (χ0v) is 20.0. The summed E-state index contributed by atoms with van der Waals surface area (Å²) in [6.07, 6.45) is 5.82. The van der Waals surface area contributed by atoms with Gasteiger partial charge in [0.05, 0.1) is 27.9 Å². The first-order valence-electron chi connectivity index (χ1n) is 10.8. The van der Waals surface area contributed by atoms with Crippen molar-refractivity contribution in [1.29, 1.82) is 0 Å². The summed E-state index contributed by atoms with van der Waals surface area (Å²) in [5.41, 5.74) is 0.415. The fraction of sp³-hybridized carbons (Fsp3) is 0.304. The summed E-state index contributed by atoms with van der Waals surface area (Å²) in [5, 5.41) is 19.9. The summed E-state index contributed by atoms with van der Waals surface area (Å²) in [6, 6.07) is 4.52. The van der Waals surface area contributed by atoms with Crippen LogP contribution in [0.5, 0.6) is 0 Å². The van der Waals surface area contributed by atoms with Gasteiger partial charge in [0.15, 0.2) is 0 Å². The Balaban J connectivity index is 1.58. The van der Waals surface area contributed by atoms with Gasteiger partial charge in [0.1, 0.15) is 11.8 Å². The average molecular weight is 523 g/mol. The van der Waals surface area contributed by atoms with Crippen LogP contribution in [-0.4, -0.2) is 54.0 Å². The van der Waals surface area contributed by atoms with E-state index < -0.39 is 17.9 Å². The highest BCUT2D eigenvalue weighted by molar-refractivity contribution is 6.39. The molecule has 1 aromatic heterocycles. The van der Waals surface area contributed by atoms with E-state index in [9.17, 15) is 24.3 Å². The highest BCUT2D eigenvalue weighted by Gasteiger charge is 2.27. The molecule has 12 heteroatoms. The first kappa shape index (κ1) is 26.3. The number of carboxylic acid groups (broad SMARTS) is 1. The number of rotatable bonds is 10. The van der Waals surface area contributed by atoms with Gasteiger partial charge in [0.25, 0.3) is 5.91 Å². The first-order chi connectivity index (χ1) is 16.7. The molecular formula is C23H24Cl2N4O6. The Bertz CT molecular complexity index is 1090. The highest BCUT2D eigenvalue weighted by Crippen LogP contribution is 2.27. The monoisotopic (exact) mass is 522 g/mol. The van der Waals surface area contributed by atoms with Crippen LogP contribution in [0.1, 0.15) is 34.5 Å². The standard InChI is InChI=1S/C23H24Cl2N4O6/c24-15-9-13(11-27-19(30)6-5-14-3-2-8-35-14)10-16(25)20(15)22(32)29-18(23(33)34)12-28-21(31)17-4-1-7-26-17/h2-3,5-6,8-10,17-18,26H,1,4,7,11-12H2,(H,27,30)(H,28,31)(H,29,32)(H,33,34)/t17-,18+/m1/s1. The Morgan fingerprint density at radius 2 is 1.94 bits per heavy atom. The number of carbonyl (C=O) groups is 4. The second-order valence-corrected chi connectivity index (χ2v) is 8.57. The van der Waals surface area contributed by atoms with Gasteiger partial charge in [-0.2, -0.15) is 0 Å². The molecule has 1 aliphatic heterocycles. The number of benzene rings is 1. The Kier molecular flexibility index (Phi) is 9.30. The maximum Gasteiger partial charge on any atom is 0.328 e. The lowest BCUT2D eigenvalue weighted by molar-refractivity contribution is -0.139. The molecule has 0 aliphatic carbocycles. The summed E-state index contributed by atoms with van der Waals surface area (Å²) < 4.78 is 5.11. The zero-order chi connectivity index (χ0) is 25.4. The average Bonchev–Trinajstić information content (AvgIpc) is 3.52. The normalized spacial score (nSPS) is 16.1. The quantitative estimate of drug-likeness (QED) is 0.299. The van der Waals surface area contributed by atoms with E-state index in [0.717, 1.165) is 13.0 Å². The van der Waals surface area contributed by atoms with E-state index in [-0.39, 0.29) is 46.6 Å². The van der Waals surface area contributed by atoms with Crippen molar-refractivity contribution in [3.63, 3.8) is 0 Å². The van der Waals surface area contributed by atoms with Crippen LogP contribution in [0.4, 0.5) is 0 Å².